The Bertz CT molecular complexity index is 1030. The molecule has 4 rings (SSSR count). The van der Waals surface area contributed by atoms with E-state index in [0.29, 0.717) is 24.5 Å². The van der Waals surface area contributed by atoms with Crippen LogP contribution in [0.5, 0.6) is 5.75 Å². The molecule has 1 aliphatic heterocycles. The number of rotatable bonds is 3. The van der Waals surface area contributed by atoms with Gasteiger partial charge in [-0.3, -0.25) is 4.90 Å². The third kappa shape index (κ3) is 4.24. The molecular weight excluding hydrogens is 379 g/mol. The molecular formula is C22H20F3N3O. The molecule has 0 saturated heterocycles. The highest BCUT2D eigenvalue weighted by Gasteiger charge is 2.30. The summed E-state index contributed by atoms with van der Waals surface area (Å²) in [6.45, 7) is 4.07. The van der Waals surface area contributed by atoms with Crippen LogP contribution in [0.1, 0.15) is 27.9 Å². The molecule has 1 N–H and O–H groups in total. The van der Waals surface area contributed by atoms with E-state index in [1.54, 1.807) is 12.3 Å². The molecule has 4 nitrogen and oxygen atoms in total. The van der Waals surface area contributed by atoms with Crippen molar-refractivity contribution in [3.8, 4) is 17.1 Å². The average molecular weight is 399 g/mol. The van der Waals surface area contributed by atoms with Gasteiger partial charge in [-0.15, -0.1) is 0 Å². The Labute approximate surface area is 166 Å². The minimum absolute atomic E-state index is 0.287. The summed E-state index contributed by atoms with van der Waals surface area (Å²) in [6.07, 6.45) is -1.89. The molecule has 3 aromatic rings. The van der Waals surface area contributed by atoms with Gasteiger partial charge in [-0.1, -0.05) is 29.8 Å². The molecule has 0 unspecified atom stereocenters. The molecule has 0 atom stereocenters. The van der Waals surface area contributed by atoms with Crippen molar-refractivity contribution in [1.82, 2.24) is 14.9 Å². The summed E-state index contributed by atoms with van der Waals surface area (Å²) < 4.78 is 38.2. The van der Waals surface area contributed by atoms with Gasteiger partial charge in [0.1, 0.15) is 5.75 Å². The van der Waals surface area contributed by atoms with Crippen LogP contribution in [0.15, 0.2) is 48.7 Å². The molecule has 2 aromatic carbocycles. The normalized spacial score (nSPS) is 14.6. The monoisotopic (exact) mass is 399 g/mol. The van der Waals surface area contributed by atoms with Crippen LogP contribution in [0.3, 0.4) is 0 Å². The molecule has 0 radical (unpaired) electrons. The van der Waals surface area contributed by atoms with Gasteiger partial charge in [0.2, 0.25) is 0 Å². The highest BCUT2D eigenvalue weighted by molar-refractivity contribution is 5.56. The summed E-state index contributed by atoms with van der Waals surface area (Å²) in [7, 11) is 0. The Balaban J connectivity index is 1.50. The van der Waals surface area contributed by atoms with Crippen molar-refractivity contribution >= 4 is 0 Å². The Hall–Kier alpha value is -2.93. The number of phenolic OH excluding ortho intramolecular Hbond substituents is 1. The van der Waals surface area contributed by atoms with E-state index in [2.05, 4.69) is 14.9 Å². The number of alkyl halides is 3. The predicted octanol–water partition coefficient (Wildman–Crippen LogP) is 4.73. The summed E-state index contributed by atoms with van der Waals surface area (Å²) in [5.74, 6) is 0.720. The van der Waals surface area contributed by atoms with Gasteiger partial charge in [0.05, 0.1) is 11.3 Å². The lowest BCUT2D eigenvalue weighted by Gasteiger charge is -2.28. The van der Waals surface area contributed by atoms with Gasteiger partial charge < -0.3 is 5.11 Å². The first-order valence-electron chi connectivity index (χ1n) is 9.33. The van der Waals surface area contributed by atoms with Gasteiger partial charge in [-0.2, -0.15) is 13.2 Å². The maximum atomic E-state index is 12.7. The largest absolute Gasteiger partial charge is 0.508 e. The van der Waals surface area contributed by atoms with Crippen molar-refractivity contribution in [3.63, 3.8) is 0 Å². The molecule has 150 valence electrons. The fraction of sp³-hybridized carbons (Fsp3) is 0.273. The third-order valence-electron chi connectivity index (χ3n) is 5.11. The number of nitrogens with zero attached hydrogens (tertiary/aromatic N) is 3. The SMILES string of the molecule is Cc1ccc(O)c(CN2CCc3nc(-c4ccc(C(F)(F)F)cc4)ncc3C2)c1. The zero-order chi connectivity index (χ0) is 20.6. The second-order valence-electron chi connectivity index (χ2n) is 7.33. The highest BCUT2D eigenvalue weighted by Crippen LogP contribution is 2.31. The summed E-state index contributed by atoms with van der Waals surface area (Å²) in [5, 5.41) is 10.1. The summed E-state index contributed by atoms with van der Waals surface area (Å²) in [4.78, 5) is 11.2. The zero-order valence-electron chi connectivity index (χ0n) is 15.9. The number of aryl methyl sites for hydroxylation is 1. The van der Waals surface area contributed by atoms with E-state index >= 15 is 0 Å². The maximum Gasteiger partial charge on any atom is 0.416 e. The van der Waals surface area contributed by atoms with Crippen LogP contribution < -0.4 is 0 Å². The predicted molar refractivity (Wildman–Crippen MR) is 103 cm³/mol. The molecule has 0 aliphatic carbocycles. The van der Waals surface area contributed by atoms with Gasteiger partial charge in [0.15, 0.2) is 5.82 Å². The molecule has 0 amide bonds. The molecule has 1 aliphatic rings. The standard InChI is InChI=1S/C22H20F3N3O/c1-14-2-7-20(29)16(10-14)12-28-9-8-19-17(13-28)11-26-21(27-19)15-3-5-18(6-4-15)22(23,24)25/h2-7,10-11,29H,8-9,12-13H2,1H3. The minimum atomic E-state index is -4.36. The highest BCUT2D eigenvalue weighted by atomic mass is 19.4. The molecule has 2 heterocycles. The van der Waals surface area contributed by atoms with E-state index in [4.69, 9.17) is 0 Å². The first kappa shape index (κ1) is 19.4. The van der Waals surface area contributed by atoms with E-state index in [1.807, 2.05) is 19.1 Å². The molecule has 0 fully saturated rings. The van der Waals surface area contributed by atoms with E-state index in [1.165, 1.54) is 12.1 Å². The number of phenols is 1. The Morgan fingerprint density at radius 2 is 1.86 bits per heavy atom. The number of aromatic nitrogens is 2. The lowest BCUT2D eigenvalue weighted by Crippen LogP contribution is -2.31. The smallest absolute Gasteiger partial charge is 0.416 e. The van der Waals surface area contributed by atoms with Crippen molar-refractivity contribution in [1.29, 1.82) is 0 Å². The van der Waals surface area contributed by atoms with Crippen LogP contribution in [-0.4, -0.2) is 26.5 Å². The van der Waals surface area contributed by atoms with Crippen molar-refractivity contribution in [2.45, 2.75) is 32.6 Å². The first-order chi connectivity index (χ1) is 13.8. The number of aromatic hydroxyl groups is 1. The second-order valence-corrected chi connectivity index (χ2v) is 7.33. The number of hydrogen-bond acceptors (Lipinski definition) is 4. The molecule has 29 heavy (non-hydrogen) atoms. The van der Waals surface area contributed by atoms with Gasteiger partial charge >= 0.3 is 6.18 Å². The van der Waals surface area contributed by atoms with E-state index in [9.17, 15) is 18.3 Å². The van der Waals surface area contributed by atoms with Gasteiger partial charge in [0, 0.05) is 48.9 Å². The lowest BCUT2D eigenvalue weighted by molar-refractivity contribution is -0.137. The van der Waals surface area contributed by atoms with Crippen LogP contribution in [-0.2, 0) is 25.7 Å². The Morgan fingerprint density at radius 3 is 2.59 bits per heavy atom. The summed E-state index contributed by atoms with van der Waals surface area (Å²) >= 11 is 0. The molecule has 0 saturated carbocycles. The molecule has 1 aromatic heterocycles. The second kappa shape index (κ2) is 7.48. The van der Waals surface area contributed by atoms with Crippen LogP contribution in [0.2, 0.25) is 0 Å². The summed E-state index contributed by atoms with van der Waals surface area (Å²) in [6, 6.07) is 10.5. The zero-order valence-corrected chi connectivity index (χ0v) is 15.9. The van der Waals surface area contributed by atoms with Crippen LogP contribution in [0.25, 0.3) is 11.4 Å². The van der Waals surface area contributed by atoms with Crippen LogP contribution in [0.4, 0.5) is 13.2 Å². The van der Waals surface area contributed by atoms with Crippen molar-refractivity contribution in [2.24, 2.45) is 0 Å². The Morgan fingerprint density at radius 1 is 1.10 bits per heavy atom. The number of hydrogen-bond donors (Lipinski definition) is 1. The molecule has 0 spiro atoms. The van der Waals surface area contributed by atoms with Gasteiger partial charge in [0.25, 0.3) is 0 Å². The van der Waals surface area contributed by atoms with Crippen molar-refractivity contribution in [3.05, 3.63) is 76.6 Å². The molecule has 0 bridgehead atoms. The Kier molecular flexibility index (Phi) is 5.00. The van der Waals surface area contributed by atoms with Gasteiger partial charge in [-0.25, -0.2) is 9.97 Å². The number of halogens is 3. The van der Waals surface area contributed by atoms with Crippen LogP contribution in [0, 0.1) is 6.92 Å². The average Bonchev–Trinajstić information content (AvgIpc) is 2.70. The van der Waals surface area contributed by atoms with E-state index < -0.39 is 11.7 Å². The fourth-order valence-corrected chi connectivity index (χ4v) is 3.54. The lowest BCUT2D eigenvalue weighted by atomic mass is 10.0. The van der Waals surface area contributed by atoms with Crippen molar-refractivity contribution in [2.75, 3.05) is 6.54 Å². The fourth-order valence-electron chi connectivity index (χ4n) is 3.54. The first-order valence-corrected chi connectivity index (χ1v) is 9.33. The number of benzene rings is 2. The molecule has 7 heteroatoms. The summed E-state index contributed by atoms with van der Waals surface area (Å²) in [5.41, 5.74) is 3.77. The maximum absolute atomic E-state index is 12.7. The third-order valence-corrected chi connectivity index (χ3v) is 5.11. The topological polar surface area (TPSA) is 49.2 Å². The quantitative estimate of drug-likeness (QED) is 0.692. The van der Waals surface area contributed by atoms with Gasteiger partial charge in [-0.05, 0) is 25.1 Å². The van der Waals surface area contributed by atoms with E-state index in [-0.39, 0.29) is 5.75 Å². The van der Waals surface area contributed by atoms with E-state index in [0.717, 1.165) is 47.5 Å². The van der Waals surface area contributed by atoms with Crippen LogP contribution >= 0.6 is 0 Å². The van der Waals surface area contributed by atoms with Crippen molar-refractivity contribution < 1.29 is 18.3 Å². The number of fused-ring (bicyclic) bond motifs is 1. The minimum Gasteiger partial charge on any atom is -0.508 e.